The van der Waals surface area contributed by atoms with Crippen LogP contribution in [-0.4, -0.2) is 29.6 Å². The van der Waals surface area contributed by atoms with Crippen molar-refractivity contribution in [3.63, 3.8) is 0 Å². The van der Waals surface area contributed by atoms with Gasteiger partial charge in [-0.1, -0.05) is 6.07 Å². The second-order valence-corrected chi connectivity index (χ2v) is 3.70. The van der Waals surface area contributed by atoms with Crippen LogP contribution in [0.2, 0.25) is 0 Å². The lowest BCUT2D eigenvalue weighted by Gasteiger charge is -1.95. The third kappa shape index (κ3) is 5.86. The Balaban J connectivity index is 0.000000494. The topological polar surface area (TPSA) is 184 Å². The van der Waals surface area contributed by atoms with Crippen molar-refractivity contribution in [1.29, 1.82) is 0 Å². The van der Waals surface area contributed by atoms with Crippen LogP contribution in [-0.2, 0) is 4.57 Å². The summed E-state index contributed by atoms with van der Waals surface area (Å²) in [6, 6.07) is 3.14. The first kappa shape index (κ1) is 15.9. The molecule has 0 spiro atoms. The molecule has 0 aliphatic heterocycles. The van der Waals surface area contributed by atoms with Crippen molar-refractivity contribution in [2.75, 3.05) is 0 Å². The molecular weight excluding hydrogens is 275 g/mol. The normalized spacial score (nSPS) is 10.2. The van der Waals surface area contributed by atoms with Gasteiger partial charge in [0.2, 0.25) is 5.75 Å². The summed E-state index contributed by atoms with van der Waals surface area (Å²) >= 11 is 0. The van der Waals surface area contributed by atoms with Gasteiger partial charge in [0.25, 0.3) is 0 Å². The van der Waals surface area contributed by atoms with E-state index < -0.39 is 34.8 Å². The number of rotatable bonds is 2. The largest absolute Gasteiger partial charge is 0.502 e. The van der Waals surface area contributed by atoms with E-state index in [1.54, 1.807) is 0 Å². The van der Waals surface area contributed by atoms with E-state index in [0.29, 0.717) is 0 Å². The monoisotopic (exact) mass is 282 g/mol. The number of phenolic OH excluding ortho intramolecular Hbond substituents is 1. The Bertz CT molecular complexity index is 502. The summed E-state index contributed by atoms with van der Waals surface area (Å²) < 4.78 is 8.88. The van der Waals surface area contributed by atoms with Crippen LogP contribution in [0.5, 0.6) is 5.75 Å². The van der Waals surface area contributed by atoms with Gasteiger partial charge in [-0.25, -0.2) is 4.57 Å². The zero-order valence-corrected chi connectivity index (χ0v) is 9.30. The molecule has 0 amide bonds. The lowest BCUT2D eigenvalue weighted by atomic mass is 10.2. The Morgan fingerprint density at radius 3 is 1.78 bits per heavy atom. The number of nitro benzene ring substituents is 2. The summed E-state index contributed by atoms with van der Waals surface area (Å²) in [6.45, 7) is 0. The van der Waals surface area contributed by atoms with Crippen LogP contribution in [0, 0.1) is 20.2 Å². The maximum atomic E-state index is 10.3. The minimum Gasteiger partial charge on any atom is -0.502 e. The molecule has 4 N–H and O–H groups in total. The first-order chi connectivity index (χ1) is 8.04. The number of phosphoric acid groups is 1. The van der Waals surface area contributed by atoms with Crippen LogP contribution in [0.15, 0.2) is 18.2 Å². The van der Waals surface area contributed by atoms with E-state index in [1.165, 1.54) is 6.07 Å². The Labute approximate surface area is 98.5 Å². The number of hydrogen-bond donors (Lipinski definition) is 4. The number of phenols is 1. The molecule has 0 bridgehead atoms. The molecule has 0 saturated carbocycles. The SMILES string of the molecule is O=P(O)(O)O.O=[N+]([O-])c1cccc(O)c1[N+](=O)[O-]. The third-order valence-corrected chi connectivity index (χ3v) is 1.37. The summed E-state index contributed by atoms with van der Waals surface area (Å²) in [5.74, 6) is -0.709. The van der Waals surface area contributed by atoms with Gasteiger partial charge in [-0.05, 0) is 6.07 Å². The van der Waals surface area contributed by atoms with E-state index in [2.05, 4.69) is 0 Å². The van der Waals surface area contributed by atoms with Crippen LogP contribution < -0.4 is 0 Å². The lowest BCUT2D eigenvalue weighted by molar-refractivity contribution is -0.423. The Morgan fingerprint density at radius 2 is 1.50 bits per heavy atom. The van der Waals surface area contributed by atoms with E-state index in [0.717, 1.165) is 12.1 Å². The number of hydrogen-bond acceptors (Lipinski definition) is 6. The number of para-hydroxylation sites is 1. The molecule has 0 unspecified atom stereocenters. The highest BCUT2D eigenvalue weighted by Crippen LogP contribution is 2.34. The molecule has 0 aliphatic carbocycles. The number of aromatic hydroxyl groups is 1. The summed E-state index contributed by atoms with van der Waals surface area (Å²) in [6.07, 6.45) is 0. The van der Waals surface area contributed by atoms with Crippen LogP contribution in [0.25, 0.3) is 0 Å². The summed E-state index contributed by atoms with van der Waals surface area (Å²) in [7, 11) is -4.64. The van der Waals surface area contributed by atoms with Crippen molar-refractivity contribution in [3.8, 4) is 5.75 Å². The van der Waals surface area contributed by atoms with Crippen LogP contribution in [0.1, 0.15) is 0 Å². The molecule has 12 heteroatoms. The average molecular weight is 282 g/mol. The van der Waals surface area contributed by atoms with Crippen molar-refractivity contribution in [2.24, 2.45) is 0 Å². The van der Waals surface area contributed by atoms with Crippen molar-refractivity contribution in [2.45, 2.75) is 0 Å². The fourth-order valence-electron chi connectivity index (χ4n) is 0.854. The Hall–Kier alpha value is -2.07. The van der Waals surface area contributed by atoms with E-state index in [1.807, 2.05) is 0 Å². The second kappa shape index (κ2) is 6.02. The van der Waals surface area contributed by atoms with Crippen LogP contribution in [0.4, 0.5) is 11.4 Å². The number of nitrogens with zero attached hydrogens (tertiary/aromatic N) is 2. The molecule has 0 radical (unpaired) electrons. The number of benzene rings is 1. The maximum Gasteiger partial charge on any atom is 0.466 e. The fraction of sp³-hybridized carbons (Fsp3) is 0. The van der Waals surface area contributed by atoms with Crippen molar-refractivity contribution < 1.29 is 34.2 Å². The van der Waals surface area contributed by atoms with Crippen LogP contribution in [0.3, 0.4) is 0 Å². The van der Waals surface area contributed by atoms with Gasteiger partial charge in [-0.3, -0.25) is 20.2 Å². The van der Waals surface area contributed by atoms with Gasteiger partial charge in [-0.15, -0.1) is 0 Å². The number of nitro groups is 2. The molecule has 0 aromatic heterocycles. The lowest BCUT2D eigenvalue weighted by Crippen LogP contribution is -1.96. The molecule has 0 aliphatic rings. The van der Waals surface area contributed by atoms with Crippen LogP contribution >= 0.6 is 7.82 Å². The molecule has 100 valence electrons. The minimum absolute atomic E-state index is 0.709. The first-order valence-corrected chi connectivity index (χ1v) is 5.49. The van der Waals surface area contributed by atoms with E-state index in [-0.39, 0.29) is 0 Å². The summed E-state index contributed by atoms with van der Waals surface area (Å²) in [4.78, 5) is 40.2. The molecule has 1 aromatic carbocycles. The molecule has 0 fully saturated rings. The summed E-state index contributed by atoms with van der Waals surface area (Å²) in [5.41, 5.74) is -1.60. The van der Waals surface area contributed by atoms with Gasteiger partial charge in [0.05, 0.1) is 9.85 Å². The van der Waals surface area contributed by atoms with Gasteiger partial charge >= 0.3 is 19.2 Å². The quantitative estimate of drug-likeness (QED) is 0.335. The third-order valence-electron chi connectivity index (χ3n) is 1.37. The van der Waals surface area contributed by atoms with E-state index in [9.17, 15) is 20.2 Å². The molecule has 0 saturated heterocycles. The zero-order valence-electron chi connectivity index (χ0n) is 8.40. The van der Waals surface area contributed by atoms with Gasteiger partial charge in [0, 0.05) is 6.07 Å². The van der Waals surface area contributed by atoms with Crippen molar-refractivity contribution >= 4 is 19.2 Å². The van der Waals surface area contributed by atoms with Gasteiger partial charge < -0.3 is 19.8 Å². The van der Waals surface area contributed by atoms with E-state index in [4.69, 9.17) is 24.4 Å². The molecular formula is C6H7N2O9P. The highest BCUT2D eigenvalue weighted by atomic mass is 31.2. The first-order valence-electron chi connectivity index (χ1n) is 3.93. The van der Waals surface area contributed by atoms with Crippen molar-refractivity contribution in [1.82, 2.24) is 0 Å². The predicted molar refractivity (Wildman–Crippen MR) is 55.7 cm³/mol. The maximum absolute atomic E-state index is 10.3. The van der Waals surface area contributed by atoms with Gasteiger partial charge in [0.1, 0.15) is 0 Å². The van der Waals surface area contributed by atoms with Gasteiger partial charge in [0.15, 0.2) is 0 Å². The molecule has 18 heavy (non-hydrogen) atoms. The smallest absolute Gasteiger partial charge is 0.466 e. The van der Waals surface area contributed by atoms with Gasteiger partial charge in [-0.2, -0.15) is 0 Å². The zero-order chi connectivity index (χ0) is 14.5. The molecule has 0 heterocycles. The minimum atomic E-state index is -4.64. The highest BCUT2D eigenvalue weighted by Gasteiger charge is 2.27. The average Bonchev–Trinajstić information content (AvgIpc) is 2.13. The highest BCUT2D eigenvalue weighted by molar-refractivity contribution is 7.45. The Kier molecular flexibility index (Phi) is 5.33. The summed E-state index contributed by atoms with van der Waals surface area (Å²) in [5, 5.41) is 29.5. The van der Waals surface area contributed by atoms with E-state index >= 15 is 0 Å². The van der Waals surface area contributed by atoms with Crippen molar-refractivity contribution in [3.05, 3.63) is 38.4 Å². The molecule has 0 atom stereocenters. The second-order valence-electron chi connectivity index (χ2n) is 2.67. The molecule has 1 rings (SSSR count). The standard InChI is InChI=1S/C6H4N2O5.H3O4P/c9-5-3-1-2-4(7(10)11)6(5)8(12)13;1-5(2,3)4/h1-3,9H;(H3,1,2,3,4). The fourth-order valence-corrected chi connectivity index (χ4v) is 0.854. The molecule has 1 aromatic rings. The Morgan fingerprint density at radius 1 is 1.06 bits per heavy atom. The predicted octanol–water partition coefficient (Wildman–Crippen LogP) is 0.280. The molecule has 11 nitrogen and oxygen atoms in total.